The molecular weight excluding hydrogens is 668 g/mol. The Labute approximate surface area is 274 Å². The van der Waals surface area contributed by atoms with Crippen LogP contribution in [0.1, 0.15) is 151 Å². The van der Waals surface area contributed by atoms with E-state index in [-0.39, 0.29) is 0 Å². The van der Waals surface area contributed by atoms with Gasteiger partial charge < -0.3 is 0 Å². The second kappa shape index (κ2) is 15.9. The van der Waals surface area contributed by atoms with Crippen molar-refractivity contribution in [3.63, 3.8) is 0 Å². The Bertz CT molecular complexity index is 666. The molecule has 0 aliphatic carbocycles. The van der Waals surface area contributed by atoms with Gasteiger partial charge in [0.05, 0.1) is 0 Å². The van der Waals surface area contributed by atoms with Gasteiger partial charge in [-0.05, 0) is 0 Å². The molecule has 0 aromatic rings. The van der Waals surface area contributed by atoms with Crippen molar-refractivity contribution < 1.29 is 59.2 Å². The summed E-state index contributed by atoms with van der Waals surface area (Å²) in [7, 11) is -8.28. The third kappa shape index (κ3) is 20.7. The van der Waals surface area contributed by atoms with Crippen LogP contribution in [0.2, 0.25) is 0 Å². The quantitative estimate of drug-likeness (QED) is 0.144. The van der Waals surface area contributed by atoms with Crippen LogP contribution >= 0.6 is 0 Å². The van der Waals surface area contributed by atoms with Crippen LogP contribution in [-0.2, 0) is 59.2 Å². The van der Waals surface area contributed by atoms with Crippen molar-refractivity contribution in [1.82, 2.24) is 0 Å². The van der Waals surface area contributed by atoms with Crippen LogP contribution in [0, 0.1) is 0 Å². The fraction of sp³-hybridized carbons (Fsp3) is 1.00. The van der Waals surface area contributed by atoms with E-state index in [1.807, 2.05) is 138 Å². The monoisotopic (exact) mass is 734 g/mol. The van der Waals surface area contributed by atoms with Crippen molar-refractivity contribution >= 4 is 18.1 Å². The van der Waals surface area contributed by atoms with E-state index >= 15 is 0 Å². The van der Waals surface area contributed by atoms with Gasteiger partial charge in [0.2, 0.25) is 0 Å². The average Bonchev–Trinajstić information content (AvgIpc) is 2.61. The summed E-state index contributed by atoms with van der Waals surface area (Å²) < 4.78 is 67.5. The molecule has 0 aliphatic heterocycles. The fourth-order valence-electron chi connectivity index (χ4n) is 3.44. The van der Waals surface area contributed by atoms with E-state index < -0.39 is 73.7 Å². The molecule has 0 aromatic carbocycles. The first-order chi connectivity index (χ1) is 18.8. The molecule has 43 heavy (non-hydrogen) atoms. The molecule has 0 radical (unpaired) electrons. The molecule has 0 heterocycles. The molecule has 0 atom stereocenters. The van der Waals surface area contributed by atoms with Crippen LogP contribution in [0.25, 0.3) is 0 Å². The third-order valence-electron chi connectivity index (χ3n) is 4.05. The van der Waals surface area contributed by atoms with Gasteiger partial charge in [-0.15, -0.1) is 0 Å². The molecule has 0 rings (SSSR count). The number of hydrogen-bond acceptors (Lipinski definition) is 10. The van der Waals surface area contributed by atoms with E-state index in [9.17, 15) is 0 Å². The zero-order valence-corrected chi connectivity index (χ0v) is 35.9. The maximum atomic E-state index is 7.07. The molecule has 0 fully saturated rings. The van der Waals surface area contributed by atoms with Gasteiger partial charge in [-0.1, -0.05) is 0 Å². The Kier molecular flexibility index (Phi) is 16.2. The van der Waals surface area contributed by atoms with Crippen molar-refractivity contribution in [2.24, 2.45) is 0 Å². The Balaban J connectivity index is 7.76. The summed E-state index contributed by atoms with van der Waals surface area (Å²) in [5, 5.41) is 0. The maximum absolute atomic E-state index is 7.07. The standard InChI is InChI=1S/2C12H27O4Si.2C3H7O.Zr/c2*1-10(2,3)14-17(13,15-11(4,5)6)16-12(7,8)9;2*1-2-3-4;/h2*1-9H3;2*2-3H2,1H3;/q4*-1;+4. The van der Waals surface area contributed by atoms with E-state index in [1.54, 1.807) is 0 Å². The molecule has 13 heteroatoms. The van der Waals surface area contributed by atoms with E-state index in [0.717, 1.165) is 0 Å². The number of rotatable bonds is 16. The van der Waals surface area contributed by atoms with Crippen LogP contribution in [0.5, 0.6) is 0 Å². The summed E-state index contributed by atoms with van der Waals surface area (Å²) in [5.74, 6) is 0. The first-order valence-electron chi connectivity index (χ1n) is 15.7. The topological polar surface area (TPSA) is 92.3 Å². The molecule has 0 saturated heterocycles. The first-order valence-corrected chi connectivity index (χ1v) is 22.9. The van der Waals surface area contributed by atoms with Gasteiger partial charge in [0, 0.05) is 0 Å². The van der Waals surface area contributed by atoms with Gasteiger partial charge in [-0.25, -0.2) is 0 Å². The second-order valence-corrected chi connectivity index (χ2v) is 27.2. The molecule has 0 bridgehead atoms. The van der Waals surface area contributed by atoms with Gasteiger partial charge in [0.25, 0.3) is 0 Å². The van der Waals surface area contributed by atoms with E-state index in [1.165, 1.54) is 0 Å². The van der Waals surface area contributed by atoms with E-state index in [2.05, 4.69) is 0 Å². The van der Waals surface area contributed by atoms with Crippen LogP contribution in [0.4, 0.5) is 0 Å². The van der Waals surface area contributed by atoms with Crippen molar-refractivity contribution in [1.29, 1.82) is 0 Å². The zero-order valence-electron chi connectivity index (χ0n) is 31.4. The zero-order chi connectivity index (χ0) is 34.4. The summed E-state index contributed by atoms with van der Waals surface area (Å²) in [6.45, 7) is 39.4. The molecule has 0 aromatic heterocycles. The predicted molar refractivity (Wildman–Crippen MR) is 171 cm³/mol. The van der Waals surface area contributed by atoms with Crippen LogP contribution in [0.15, 0.2) is 0 Å². The predicted octanol–water partition coefficient (Wildman–Crippen LogP) is 8.45. The fourth-order valence-corrected chi connectivity index (χ4v) is 20.9. The third-order valence-corrected chi connectivity index (χ3v) is 20.3. The van der Waals surface area contributed by atoms with Gasteiger partial charge in [-0.2, -0.15) is 0 Å². The molecule has 0 aliphatic rings. The molecule has 0 spiro atoms. The molecular formula is C30H68O10Si2Zr. The molecule has 0 unspecified atom stereocenters. The Hall–Kier alpha value is 0.917. The van der Waals surface area contributed by atoms with E-state index in [0.29, 0.717) is 26.1 Å². The van der Waals surface area contributed by atoms with Crippen LogP contribution in [-0.4, -0.2) is 64.9 Å². The van der Waals surface area contributed by atoms with Crippen molar-refractivity contribution in [2.75, 3.05) is 13.2 Å². The summed E-state index contributed by atoms with van der Waals surface area (Å²) >= 11 is -5.40. The number of hydrogen-bond donors (Lipinski definition) is 0. The van der Waals surface area contributed by atoms with Crippen molar-refractivity contribution in [2.45, 2.75) is 185 Å². The Morgan fingerprint density at radius 1 is 0.372 bits per heavy atom. The summed E-state index contributed by atoms with van der Waals surface area (Å²) in [6.07, 6.45) is 1.37. The Morgan fingerprint density at radius 2 is 0.558 bits per heavy atom. The summed E-state index contributed by atoms with van der Waals surface area (Å²) in [4.78, 5) is 0. The van der Waals surface area contributed by atoms with Crippen LogP contribution in [0.3, 0.4) is 0 Å². The van der Waals surface area contributed by atoms with Crippen molar-refractivity contribution in [3.8, 4) is 0 Å². The van der Waals surface area contributed by atoms with Crippen molar-refractivity contribution in [3.05, 3.63) is 0 Å². The molecule has 10 nitrogen and oxygen atoms in total. The molecule has 0 N–H and O–H groups in total. The minimum atomic E-state index is -5.40. The SMILES string of the molecule is CCC[O][Zr]([O]CCC)([O][Si](OC(C)(C)C)(OC(C)(C)C)OC(C)(C)C)[O][Si](OC(C)(C)C)(OC(C)(C)C)OC(C)(C)C. The molecule has 0 saturated carbocycles. The Morgan fingerprint density at radius 3 is 0.698 bits per heavy atom. The second-order valence-electron chi connectivity index (χ2n) is 16.7. The van der Waals surface area contributed by atoms with Gasteiger partial charge in [0.15, 0.2) is 0 Å². The minimum absolute atomic E-state index is 0.301. The van der Waals surface area contributed by atoms with Crippen LogP contribution < -0.4 is 0 Å². The van der Waals surface area contributed by atoms with Gasteiger partial charge >= 0.3 is 275 Å². The first kappa shape index (κ1) is 43.9. The van der Waals surface area contributed by atoms with Gasteiger partial charge in [-0.3, -0.25) is 0 Å². The molecule has 260 valence electrons. The van der Waals surface area contributed by atoms with E-state index in [4.69, 9.17) is 37.2 Å². The molecule has 0 amide bonds. The average molecular weight is 736 g/mol. The summed E-state index contributed by atoms with van der Waals surface area (Å²) in [6, 6.07) is 0. The summed E-state index contributed by atoms with van der Waals surface area (Å²) in [5.41, 5.74) is -4.27. The normalized spacial score (nSPS) is 15.3. The van der Waals surface area contributed by atoms with Gasteiger partial charge in [0.1, 0.15) is 0 Å².